The van der Waals surface area contributed by atoms with Crippen molar-refractivity contribution >= 4 is 63.1 Å². The average Bonchev–Trinajstić information content (AvgIpc) is 2.53. The fourth-order valence-electron chi connectivity index (χ4n) is 2.22. The maximum Gasteiger partial charge on any atom is 0.261 e. The lowest BCUT2D eigenvalue weighted by molar-refractivity contribution is 0.0970. The van der Waals surface area contributed by atoms with Gasteiger partial charge in [-0.15, -0.1) is 0 Å². The first-order chi connectivity index (χ1) is 11.4. The van der Waals surface area contributed by atoms with Gasteiger partial charge in [-0.2, -0.15) is 0 Å². The first kappa shape index (κ1) is 17.2. The predicted molar refractivity (Wildman–Crippen MR) is 96.8 cm³/mol. The van der Waals surface area contributed by atoms with Crippen LogP contribution in [0.5, 0.6) is 0 Å². The van der Waals surface area contributed by atoms with Crippen LogP contribution in [0.3, 0.4) is 0 Å². The Labute approximate surface area is 156 Å². The summed E-state index contributed by atoms with van der Waals surface area (Å²) in [5.41, 5.74) is 0.280. The second kappa shape index (κ2) is 6.73. The molecule has 0 radical (unpaired) electrons. The van der Waals surface area contributed by atoms with Crippen LogP contribution < -0.4 is 5.56 Å². The molecule has 122 valence electrons. The molecule has 0 saturated carbocycles. The average molecular weight is 402 g/mol. The molecule has 2 aromatic carbocycles. The van der Waals surface area contributed by atoms with Crippen molar-refractivity contribution in [2.75, 3.05) is 0 Å². The normalized spacial score (nSPS) is 11.0. The van der Waals surface area contributed by atoms with Gasteiger partial charge in [0.2, 0.25) is 0 Å². The fourth-order valence-corrected chi connectivity index (χ4v) is 3.06. The summed E-state index contributed by atoms with van der Waals surface area (Å²) in [6.45, 7) is -0.191. The Morgan fingerprint density at radius 1 is 1.00 bits per heavy atom. The van der Waals surface area contributed by atoms with E-state index < -0.39 is 5.56 Å². The number of hydrogen-bond donors (Lipinski definition) is 0. The lowest BCUT2D eigenvalue weighted by atomic mass is 10.1. The minimum Gasteiger partial charge on any atom is -0.292 e. The van der Waals surface area contributed by atoms with Crippen molar-refractivity contribution in [3.8, 4) is 0 Å². The number of fused-ring (bicyclic) bond motifs is 1. The molecule has 0 aliphatic carbocycles. The van der Waals surface area contributed by atoms with Gasteiger partial charge in [0.25, 0.3) is 5.56 Å². The van der Waals surface area contributed by atoms with E-state index in [1.54, 1.807) is 6.07 Å². The molecule has 0 amide bonds. The van der Waals surface area contributed by atoms with E-state index in [4.69, 9.17) is 46.4 Å². The van der Waals surface area contributed by atoms with Gasteiger partial charge in [-0.05, 0) is 30.3 Å². The van der Waals surface area contributed by atoms with Gasteiger partial charge >= 0.3 is 0 Å². The molecular formula is C16H8Cl4N2O2. The molecule has 0 atom stereocenters. The van der Waals surface area contributed by atoms with Crippen molar-refractivity contribution in [2.24, 2.45) is 0 Å². The zero-order valence-electron chi connectivity index (χ0n) is 11.9. The Morgan fingerprint density at radius 2 is 1.75 bits per heavy atom. The summed E-state index contributed by atoms with van der Waals surface area (Å²) in [7, 11) is 0. The summed E-state index contributed by atoms with van der Waals surface area (Å²) in [5.74, 6) is -0.301. The number of nitrogens with zero attached hydrogens (tertiary/aromatic N) is 2. The first-order valence-electron chi connectivity index (χ1n) is 6.69. The molecule has 0 N–H and O–H groups in total. The van der Waals surface area contributed by atoms with Gasteiger partial charge in [0.15, 0.2) is 5.78 Å². The van der Waals surface area contributed by atoms with Crippen molar-refractivity contribution in [2.45, 2.75) is 6.54 Å². The minimum absolute atomic E-state index is 0.191. The van der Waals surface area contributed by atoms with Crippen LogP contribution in [0.4, 0.5) is 0 Å². The van der Waals surface area contributed by atoms with Crippen molar-refractivity contribution < 1.29 is 4.79 Å². The molecule has 0 aliphatic heterocycles. The number of rotatable bonds is 3. The highest BCUT2D eigenvalue weighted by molar-refractivity contribution is 6.42. The molecule has 24 heavy (non-hydrogen) atoms. The smallest absolute Gasteiger partial charge is 0.261 e. The monoisotopic (exact) mass is 400 g/mol. The maximum atomic E-state index is 12.5. The molecule has 0 aliphatic rings. The van der Waals surface area contributed by atoms with Crippen LogP contribution in [0.1, 0.15) is 10.4 Å². The number of Topliss-reactive ketones (excluding diaryl/α,β-unsaturated/α-hetero) is 1. The van der Waals surface area contributed by atoms with Crippen molar-refractivity contribution in [3.05, 3.63) is 72.7 Å². The summed E-state index contributed by atoms with van der Waals surface area (Å²) in [4.78, 5) is 29.0. The molecule has 0 saturated heterocycles. The van der Waals surface area contributed by atoms with Gasteiger partial charge in [-0.3, -0.25) is 14.2 Å². The minimum atomic E-state index is -0.405. The summed E-state index contributed by atoms with van der Waals surface area (Å²) in [6, 6.07) is 7.50. The van der Waals surface area contributed by atoms with Crippen molar-refractivity contribution in [3.63, 3.8) is 0 Å². The molecule has 0 unspecified atom stereocenters. The standard InChI is InChI=1S/C16H8Cl4N2O2/c17-9-4-10-15(13(20)5-9)21-7-22(16(10)24)6-14(23)8-1-2-11(18)12(19)3-8/h1-5,7H,6H2. The van der Waals surface area contributed by atoms with Crippen LogP contribution in [0.15, 0.2) is 41.5 Å². The Hall–Kier alpha value is -1.59. The quantitative estimate of drug-likeness (QED) is 0.587. The molecule has 3 rings (SSSR count). The molecule has 0 spiro atoms. The zero-order chi connectivity index (χ0) is 17.4. The van der Waals surface area contributed by atoms with Crippen LogP contribution in [-0.2, 0) is 6.54 Å². The number of benzene rings is 2. The third-order valence-corrected chi connectivity index (χ3v) is 4.65. The van der Waals surface area contributed by atoms with Gasteiger partial charge in [0.05, 0.1) is 38.8 Å². The molecule has 0 fully saturated rings. The van der Waals surface area contributed by atoms with E-state index >= 15 is 0 Å². The molecule has 1 aromatic heterocycles. The van der Waals surface area contributed by atoms with Crippen LogP contribution in [0.2, 0.25) is 20.1 Å². The Kier molecular flexibility index (Phi) is 4.83. The van der Waals surface area contributed by atoms with E-state index in [0.29, 0.717) is 21.1 Å². The summed E-state index contributed by atoms with van der Waals surface area (Å²) >= 11 is 23.7. The number of aromatic nitrogens is 2. The first-order valence-corrected chi connectivity index (χ1v) is 8.20. The Morgan fingerprint density at radius 3 is 2.46 bits per heavy atom. The SMILES string of the molecule is O=C(Cn1cnc2c(Cl)cc(Cl)cc2c1=O)c1ccc(Cl)c(Cl)c1. The molecule has 1 heterocycles. The number of hydrogen-bond acceptors (Lipinski definition) is 3. The van der Waals surface area contributed by atoms with Crippen molar-refractivity contribution in [1.29, 1.82) is 0 Å². The number of halogens is 4. The largest absolute Gasteiger partial charge is 0.292 e. The van der Waals surface area contributed by atoms with Gasteiger partial charge < -0.3 is 0 Å². The van der Waals surface area contributed by atoms with Crippen LogP contribution in [0.25, 0.3) is 10.9 Å². The summed E-state index contributed by atoms with van der Waals surface area (Å²) < 4.78 is 1.19. The van der Waals surface area contributed by atoms with Gasteiger partial charge in [0, 0.05) is 10.6 Å². The lowest BCUT2D eigenvalue weighted by Gasteiger charge is -2.08. The highest BCUT2D eigenvalue weighted by atomic mass is 35.5. The zero-order valence-corrected chi connectivity index (χ0v) is 14.9. The van der Waals surface area contributed by atoms with Gasteiger partial charge in [-0.1, -0.05) is 46.4 Å². The topological polar surface area (TPSA) is 52.0 Å². The Bertz CT molecular complexity index is 1030. The Balaban J connectivity index is 2.01. The fraction of sp³-hybridized carbons (Fsp3) is 0.0625. The maximum absolute atomic E-state index is 12.5. The van der Waals surface area contributed by atoms with Gasteiger partial charge in [0.1, 0.15) is 0 Å². The second-order valence-electron chi connectivity index (χ2n) is 5.01. The number of ketones is 1. The molecule has 4 nitrogen and oxygen atoms in total. The molecule has 3 aromatic rings. The van der Waals surface area contributed by atoms with E-state index in [2.05, 4.69) is 4.98 Å². The summed E-state index contributed by atoms with van der Waals surface area (Å²) in [6.07, 6.45) is 1.28. The van der Waals surface area contributed by atoms with E-state index in [0.717, 1.165) is 0 Å². The van der Waals surface area contributed by atoms with E-state index in [-0.39, 0.29) is 27.8 Å². The highest BCUT2D eigenvalue weighted by Gasteiger charge is 2.13. The lowest BCUT2D eigenvalue weighted by Crippen LogP contribution is -2.24. The highest BCUT2D eigenvalue weighted by Crippen LogP contribution is 2.25. The second-order valence-corrected chi connectivity index (χ2v) is 6.67. The van der Waals surface area contributed by atoms with E-state index in [1.807, 2.05) is 0 Å². The molecule has 0 bridgehead atoms. The summed E-state index contributed by atoms with van der Waals surface area (Å²) in [5, 5.41) is 1.46. The van der Waals surface area contributed by atoms with Crippen LogP contribution in [0, 0.1) is 0 Å². The number of carbonyl (C=O) groups excluding carboxylic acids is 1. The number of carbonyl (C=O) groups is 1. The predicted octanol–water partition coefficient (Wildman–Crippen LogP) is 4.89. The van der Waals surface area contributed by atoms with Crippen LogP contribution in [-0.4, -0.2) is 15.3 Å². The van der Waals surface area contributed by atoms with Crippen LogP contribution >= 0.6 is 46.4 Å². The van der Waals surface area contributed by atoms with Crippen molar-refractivity contribution in [1.82, 2.24) is 9.55 Å². The molecule has 8 heteroatoms. The van der Waals surface area contributed by atoms with Gasteiger partial charge in [-0.25, -0.2) is 4.98 Å². The third-order valence-electron chi connectivity index (χ3n) is 3.40. The van der Waals surface area contributed by atoms with E-state index in [1.165, 1.54) is 35.2 Å². The third kappa shape index (κ3) is 3.28. The van der Waals surface area contributed by atoms with E-state index in [9.17, 15) is 9.59 Å². The molecular weight excluding hydrogens is 394 g/mol.